The van der Waals surface area contributed by atoms with Gasteiger partial charge in [-0.05, 0) is 30.7 Å². The van der Waals surface area contributed by atoms with Crippen LogP contribution in [-0.4, -0.2) is 20.9 Å². The molecule has 1 N–H and O–H groups in total. The van der Waals surface area contributed by atoms with Crippen molar-refractivity contribution >= 4 is 11.6 Å². The van der Waals surface area contributed by atoms with Gasteiger partial charge in [-0.25, -0.2) is 4.98 Å². The minimum Gasteiger partial charge on any atom is -0.341 e. The van der Waals surface area contributed by atoms with E-state index in [4.69, 9.17) is 0 Å². The van der Waals surface area contributed by atoms with Crippen LogP contribution in [-0.2, 0) is 12.7 Å². The molecule has 2 aromatic heterocycles. The number of benzene rings is 1. The van der Waals surface area contributed by atoms with Crippen LogP contribution in [0.3, 0.4) is 0 Å². The highest BCUT2D eigenvalue weighted by atomic mass is 19.4. The molecule has 0 radical (unpaired) electrons. The molecule has 0 aliphatic carbocycles. The summed E-state index contributed by atoms with van der Waals surface area (Å²) in [6.07, 6.45) is -0.583. The SMILES string of the molecule is Cc1ccc(N(Cc2ccc(C(F)(F)F)nc2)C(=O)c2cnc[nH]2)cc1. The van der Waals surface area contributed by atoms with Crippen LogP contribution in [0.5, 0.6) is 0 Å². The number of imidazole rings is 1. The number of rotatable bonds is 4. The van der Waals surface area contributed by atoms with Crippen LogP contribution in [0.4, 0.5) is 18.9 Å². The topological polar surface area (TPSA) is 61.9 Å². The molecule has 0 unspecified atom stereocenters. The van der Waals surface area contributed by atoms with E-state index < -0.39 is 11.9 Å². The number of carbonyl (C=O) groups is 1. The van der Waals surface area contributed by atoms with Gasteiger partial charge in [-0.15, -0.1) is 0 Å². The van der Waals surface area contributed by atoms with Crippen LogP contribution in [0.25, 0.3) is 0 Å². The van der Waals surface area contributed by atoms with Crippen molar-refractivity contribution in [2.24, 2.45) is 0 Å². The fourth-order valence-electron chi connectivity index (χ4n) is 2.39. The summed E-state index contributed by atoms with van der Waals surface area (Å²) in [5, 5.41) is 0. The first-order chi connectivity index (χ1) is 12.3. The number of amides is 1. The Labute approximate surface area is 147 Å². The van der Waals surface area contributed by atoms with Gasteiger partial charge >= 0.3 is 6.18 Å². The minimum absolute atomic E-state index is 0.0754. The number of alkyl halides is 3. The highest BCUT2D eigenvalue weighted by Crippen LogP contribution is 2.27. The van der Waals surface area contributed by atoms with E-state index in [1.54, 1.807) is 12.1 Å². The summed E-state index contributed by atoms with van der Waals surface area (Å²) >= 11 is 0. The number of aromatic amines is 1. The van der Waals surface area contributed by atoms with E-state index in [9.17, 15) is 18.0 Å². The lowest BCUT2D eigenvalue weighted by Crippen LogP contribution is -2.30. The molecule has 0 aliphatic rings. The van der Waals surface area contributed by atoms with E-state index in [2.05, 4.69) is 15.0 Å². The van der Waals surface area contributed by atoms with Gasteiger partial charge in [0.25, 0.3) is 5.91 Å². The molecule has 0 aliphatic heterocycles. The first-order valence-electron chi connectivity index (χ1n) is 7.73. The van der Waals surface area contributed by atoms with E-state index in [1.165, 1.54) is 23.5 Å². The van der Waals surface area contributed by atoms with Gasteiger partial charge < -0.3 is 9.88 Å². The average molecular weight is 360 g/mol. The van der Waals surface area contributed by atoms with Gasteiger partial charge in [-0.3, -0.25) is 9.78 Å². The summed E-state index contributed by atoms with van der Waals surface area (Å²) in [5.41, 5.74) is 1.44. The molecule has 134 valence electrons. The second kappa shape index (κ2) is 6.99. The molecule has 0 atom stereocenters. The number of halogens is 3. The first-order valence-corrected chi connectivity index (χ1v) is 7.73. The predicted molar refractivity (Wildman–Crippen MR) is 89.5 cm³/mol. The number of aromatic nitrogens is 3. The summed E-state index contributed by atoms with van der Waals surface area (Å²) < 4.78 is 38.0. The van der Waals surface area contributed by atoms with Gasteiger partial charge in [0.1, 0.15) is 11.4 Å². The number of aryl methyl sites for hydroxylation is 1. The van der Waals surface area contributed by atoms with E-state index in [0.29, 0.717) is 11.3 Å². The fraction of sp³-hybridized carbons (Fsp3) is 0.167. The number of hydrogen-bond donors (Lipinski definition) is 1. The second-order valence-corrected chi connectivity index (χ2v) is 5.74. The Hall–Kier alpha value is -3.16. The van der Waals surface area contributed by atoms with Gasteiger partial charge in [0.2, 0.25) is 0 Å². The molecule has 8 heteroatoms. The number of anilines is 1. The Morgan fingerprint density at radius 1 is 1.12 bits per heavy atom. The third-order valence-electron chi connectivity index (χ3n) is 3.78. The Kier molecular flexibility index (Phi) is 4.75. The van der Waals surface area contributed by atoms with Gasteiger partial charge in [0.15, 0.2) is 0 Å². The largest absolute Gasteiger partial charge is 0.433 e. The number of hydrogen-bond acceptors (Lipinski definition) is 3. The molecule has 1 aromatic carbocycles. The van der Waals surface area contributed by atoms with Crippen molar-refractivity contribution in [1.29, 1.82) is 0 Å². The second-order valence-electron chi connectivity index (χ2n) is 5.74. The van der Waals surface area contributed by atoms with Crippen LogP contribution in [0, 0.1) is 6.92 Å². The molecule has 1 amide bonds. The average Bonchev–Trinajstić information content (AvgIpc) is 3.14. The molecule has 0 saturated carbocycles. The van der Waals surface area contributed by atoms with Crippen molar-refractivity contribution in [3.63, 3.8) is 0 Å². The predicted octanol–water partition coefficient (Wildman–Crippen LogP) is 3.98. The summed E-state index contributed by atoms with van der Waals surface area (Å²) in [6.45, 7) is 2.00. The summed E-state index contributed by atoms with van der Waals surface area (Å²) in [4.78, 5) is 24.3. The lowest BCUT2D eigenvalue weighted by Gasteiger charge is -2.22. The number of nitrogens with zero attached hydrogens (tertiary/aromatic N) is 3. The zero-order valence-electron chi connectivity index (χ0n) is 13.8. The lowest BCUT2D eigenvalue weighted by atomic mass is 10.1. The monoisotopic (exact) mass is 360 g/mol. The Morgan fingerprint density at radius 3 is 2.38 bits per heavy atom. The third-order valence-corrected chi connectivity index (χ3v) is 3.78. The van der Waals surface area contributed by atoms with Crippen LogP contribution in [0.15, 0.2) is 55.1 Å². The standard InChI is InChI=1S/C18H15F3N4O/c1-12-2-5-14(6-3-12)25(17(26)15-9-22-11-24-15)10-13-4-7-16(23-8-13)18(19,20)21/h2-9,11H,10H2,1H3,(H,22,24). The minimum atomic E-state index is -4.50. The van der Waals surface area contributed by atoms with E-state index >= 15 is 0 Å². The van der Waals surface area contributed by atoms with Crippen molar-refractivity contribution in [2.45, 2.75) is 19.6 Å². The van der Waals surface area contributed by atoms with Crippen molar-refractivity contribution < 1.29 is 18.0 Å². The van der Waals surface area contributed by atoms with Crippen LogP contribution < -0.4 is 4.90 Å². The Balaban J connectivity index is 1.91. The van der Waals surface area contributed by atoms with E-state index in [-0.39, 0.29) is 18.1 Å². The summed E-state index contributed by atoms with van der Waals surface area (Å²) in [6, 6.07) is 9.49. The number of carbonyl (C=O) groups excluding carboxylic acids is 1. The molecule has 26 heavy (non-hydrogen) atoms. The Morgan fingerprint density at radius 2 is 1.85 bits per heavy atom. The maximum Gasteiger partial charge on any atom is 0.433 e. The van der Waals surface area contributed by atoms with Crippen molar-refractivity contribution in [3.05, 3.63) is 77.6 Å². The molecule has 0 saturated heterocycles. The molecule has 2 heterocycles. The summed E-state index contributed by atoms with van der Waals surface area (Å²) in [7, 11) is 0. The molecule has 5 nitrogen and oxygen atoms in total. The van der Waals surface area contributed by atoms with Crippen molar-refractivity contribution in [1.82, 2.24) is 15.0 Å². The zero-order valence-corrected chi connectivity index (χ0v) is 13.8. The number of nitrogens with one attached hydrogen (secondary N) is 1. The number of pyridine rings is 1. The molecular weight excluding hydrogens is 345 g/mol. The fourth-order valence-corrected chi connectivity index (χ4v) is 2.39. The quantitative estimate of drug-likeness (QED) is 0.766. The zero-order chi connectivity index (χ0) is 18.7. The van der Waals surface area contributed by atoms with E-state index in [0.717, 1.165) is 17.8 Å². The molecule has 3 rings (SSSR count). The van der Waals surface area contributed by atoms with Gasteiger partial charge in [0.05, 0.1) is 19.1 Å². The van der Waals surface area contributed by atoms with Gasteiger partial charge in [-0.2, -0.15) is 13.2 Å². The van der Waals surface area contributed by atoms with Gasteiger partial charge in [0, 0.05) is 11.9 Å². The summed E-state index contributed by atoms with van der Waals surface area (Å²) in [5.74, 6) is -0.341. The molecule has 0 fully saturated rings. The van der Waals surface area contributed by atoms with Crippen LogP contribution in [0.1, 0.15) is 27.3 Å². The van der Waals surface area contributed by atoms with Crippen molar-refractivity contribution in [3.8, 4) is 0 Å². The molecule has 0 spiro atoms. The normalized spacial score (nSPS) is 11.4. The molecular formula is C18H15F3N4O. The van der Waals surface area contributed by atoms with Crippen molar-refractivity contribution in [2.75, 3.05) is 4.90 Å². The highest BCUT2D eigenvalue weighted by Gasteiger charge is 2.32. The third kappa shape index (κ3) is 3.90. The maximum atomic E-state index is 12.8. The van der Waals surface area contributed by atoms with E-state index in [1.807, 2.05) is 19.1 Å². The molecule has 3 aromatic rings. The maximum absolute atomic E-state index is 12.8. The molecule has 0 bridgehead atoms. The Bertz CT molecular complexity index is 872. The number of H-pyrrole nitrogens is 1. The smallest absolute Gasteiger partial charge is 0.341 e. The lowest BCUT2D eigenvalue weighted by molar-refractivity contribution is -0.141. The van der Waals surface area contributed by atoms with Crippen LogP contribution >= 0.6 is 0 Å². The first kappa shape index (κ1) is 17.7. The highest BCUT2D eigenvalue weighted by molar-refractivity contribution is 6.04. The van der Waals surface area contributed by atoms with Crippen LogP contribution in [0.2, 0.25) is 0 Å². The van der Waals surface area contributed by atoms with Gasteiger partial charge in [-0.1, -0.05) is 23.8 Å².